The van der Waals surface area contributed by atoms with Crippen molar-refractivity contribution < 1.29 is 9.21 Å². The fourth-order valence-electron chi connectivity index (χ4n) is 1.57. The van der Waals surface area contributed by atoms with E-state index in [9.17, 15) is 4.79 Å². The Morgan fingerprint density at radius 2 is 2.38 bits per heavy atom. The Labute approximate surface area is 76.9 Å². The van der Waals surface area contributed by atoms with Gasteiger partial charge in [-0.3, -0.25) is 4.79 Å². The smallest absolute Gasteiger partial charge is 0.185 e. The van der Waals surface area contributed by atoms with Crippen LogP contribution >= 0.6 is 0 Å². The van der Waals surface area contributed by atoms with E-state index in [4.69, 9.17) is 10.2 Å². The van der Waals surface area contributed by atoms with Crippen LogP contribution < -0.4 is 5.73 Å². The first kappa shape index (κ1) is 8.51. The fourth-order valence-corrected chi connectivity index (χ4v) is 1.57. The number of Topliss-reactive ketones (excluding diaryl/α,β-unsaturated/α-hetero) is 1. The van der Waals surface area contributed by atoms with Gasteiger partial charge in [0.25, 0.3) is 0 Å². The van der Waals surface area contributed by atoms with Crippen LogP contribution in [0.5, 0.6) is 0 Å². The summed E-state index contributed by atoms with van der Waals surface area (Å²) in [5.41, 5.74) is 5.84. The fraction of sp³-hybridized carbons (Fsp3) is 0.500. The molecule has 0 spiro atoms. The Balaban J connectivity index is 2.21. The molecular formula is C10H13NO2. The molecule has 1 aromatic heterocycles. The summed E-state index contributed by atoms with van der Waals surface area (Å²) in [4.78, 5) is 11.8. The topological polar surface area (TPSA) is 56.2 Å². The minimum absolute atomic E-state index is 0.0104. The Morgan fingerprint density at radius 3 is 2.85 bits per heavy atom. The lowest BCUT2D eigenvalue weighted by Gasteiger charge is -2.21. The third-order valence-corrected chi connectivity index (χ3v) is 2.70. The molecule has 2 N–H and O–H groups in total. The van der Waals surface area contributed by atoms with E-state index < -0.39 is 5.54 Å². The predicted octanol–water partition coefficient (Wildman–Crippen LogP) is 1.59. The van der Waals surface area contributed by atoms with E-state index in [0.717, 1.165) is 12.8 Å². The molecule has 0 radical (unpaired) electrons. The molecule has 2 rings (SSSR count). The standard InChI is InChI=1S/C10H13NO2/c1-10(11,8-2-3-8)9(12)7-4-5-13-6-7/h4-6,8H,2-3,11H2,1H3. The van der Waals surface area contributed by atoms with Gasteiger partial charge in [0.15, 0.2) is 5.78 Å². The van der Waals surface area contributed by atoms with E-state index in [0.29, 0.717) is 11.5 Å². The Bertz CT molecular complexity index is 310. The van der Waals surface area contributed by atoms with Crippen LogP contribution in [0.1, 0.15) is 30.1 Å². The van der Waals surface area contributed by atoms with Crippen LogP contribution in [-0.2, 0) is 0 Å². The summed E-state index contributed by atoms with van der Waals surface area (Å²) in [6.07, 6.45) is 5.08. The van der Waals surface area contributed by atoms with Gasteiger partial charge in [-0.2, -0.15) is 0 Å². The minimum atomic E-state index is -0.704. The maximum absolute atomic E-state index is 11.8. The van der Waals surface area contributed by atoms with Crippen LogP contribution in [0.15, 0.2) is 23.0 Å². The van der Waals surface area contributed by atoms with Crippen molar-refractivity contribution in [3.63, 3.8) is 0 Å². The Morgan fingerprint density at radius 1 is 1.69 bits per heavy atom. The average Bonchev–Trinajstić information content (AvgIpc) is 2.82. The zero-order valence-electron chi connectivity index (χ0n) is 7.62. The van der Waals surface area contributed by atoms with Gasteiger partial charge in [0.2, 0.25) is 0 Å². The molecule has 1 aliphatic carbocycles. The molecular weight excluding hydrogens is 166 g/mol. The number of ketones is 1. The summed E-state index contributed by atoms with van der Waals surface area (Å²) in [6.45, 7) is 1.81. The van der Waals surface area contributed by atoms with Crippen LogP contribution in [-0.4, -0.2) is 11.3 Å². The Hall–Kier alpha value is -1.09. The van der Waals surface area contributed by atoms with Gasteiger partial charge in [-0.05, 0) is 31.7 Å². The molecule has 0 amide bonds. The number of carbonyl (C=O) groups excluding carboxylic acids is 1. The van der Waals surface area contributed by atoms with E-state index in [2.05, 4.69) is 0 Å². The molecule has 1 aromatic rings. The molecule has 0 bridgehead atoms. The number of rotatable bonds is 3. The first-order valence-corrected chi connectivity index (χ1v) is 4.48. The molecule has 1 saturated carbocycles. The lowest BCUT2D eigenvalue weighted by molar-refractivity contribution is 0.0882. The van der Waals surface area contributed by atoms with E-state index in [1.807, 2.05) is 0 Å². The molecule has 1 aliphatic rings. The third-order valence-electron chi connectivity index (χ3n) is 2.70. The number of hydrogen-bond acceptors (Lipinski definition) is 3. The van der Waals surface area contributed by atoms with Crippen LogP contribution in [0, 0.1) is 5.92 Å². The second-order valence-electron chi connectivity index (χ2n) is 3.90. The summed E-state index contributed by atoms with van der Waals surface area (Å²) < 4.78 is 4.85. The molecule has 70 valence electrons. The van der Waals surface area contributed by atoms with Gasteiger partial charge in [-0.15, -0.1) is 0 Å². The van der Waals surface area contributed by atoms with Crippen molar-refractivity contribution in [2.75, 3.05) is 0 Å². The van der Waals surface area contributed by atoms with Crippen molar-refractivity contribution in [1.82, 2.24) is 0 Å². The maximum atomic E-state index is 11.8. The van der Waals surface area contributed by atoms with Crippen LogP contribution in [0.3, 0.4) is 0 Å². The van der Waals surface area contributed by atoms with Gasteiger partial charge in [0.05, 0.1) is 17.4 Å². The maximum Gasteiger partial charge on any atom is 0.185 e. The zero-order chi connectivity index (χ0) is 9.47. The van der Waals surface area contributed by atoms with Crippen molar-refractivity contribution in [3.05, 3.63) is 24.2 Å². The van der Waals surface area contributed by atoms with Gasteiger partial charge in [-0.1, -0.05) is 0 Å². The van der Waals surface area contributed by atoms with Gasteiger partial charge in [0.1, 0.15) is 6.26 Å². The SMILES string of the molecule is CC(N)(C(=O)c1ccoc1)C1CC1. The quantitative estimate of drug-likeness (QED) is 0.717. The molecule has 1 atom stereocenters. The summed E-state index contributed by atoms with van der Waals surface area (Å²) in [6, 6.07) is 1.66. The number of carbonyl (C=O) groups is 1. The minimum Gasteiger partial charge on any atom is -0.472 e. The van der Waals surface area contributed by atoms with Crippen molar-refractivity contribution in [2.45, 2.75) is 25.3 Å². The van der Waals surface area contributed by atoms with Crippen molar-refractivity contribution in [1.29, 1.82) is 0 Å². The van der Waals surface area contributed by atoms with E-state index in [1.165, 1.54) is 12.5 Å². The lowest BCUT2D eigenvalue weighted by Crippen LogP contribution is -2.46. The zero-order valence-corrected chi connectivity index (χ0v) is 7.62. The van der Waals surface area contributed by atoms with Crippen molar-refractivity contribution in [3.8, 4) is 0 Å². The highest BCUT2D eigenvalue weighted by Gasteiger charge is 2.44. The second kappa shape index (κ2) is 2.70. The molecule has 13 heavy (non-hydrogen) atoms. The van der Waals surface area contributed by atoms with E-state index in [-0.39, 0.29) is 5.78 Å². The van der Waals surface area contributed by atoms with E-state index >= 15 is 0 Å². The van der Waals surface area contributed by atoms with Gasteiger partial charge in [-0.25, -0.2) is 0 Å². The summed E-state index contributed by atoms with van der Waals surface area (Å²) in [7, 11) is 0. The second-order valence-corrected chi connectivity index (χ2v) is 3.90. The van der Waals surface area contributed by atoms with Crippen LogP contribution in [0.4, 0.5) is 0 Å². The molecule has 1 fully saturated rings. The van der Waals surface area contributed by atoms with Gasteiger partial charge in [0, 0.05) is 0 Å². The number of nitrogens with two attached hydrogens (primary N) is 1. The predicted molar refractivity (Wildman–Crippen MR) is 48.4 cm³/mol. The summed E-state index contributed by atoms with van der Waals surface area (Å²) in [5, 5.41) is 0. The first-order chi connectivity index (χ1) is 6.12. The molecule has 0 aromatic carbocycles. The van der Waals surface area contributed by atoms with Crippen LogP contribution in [0.25, 0.3) is 0 Å². The normalized spacial score (nSPS) is 21.1. The highest BCUT2D eigenvalue weighted by Crippen LogP contribution is 2.39. The molecule has 1 heterocycles. The average molecular weight is 179 g/mol. The monoisotopic (exact) mass is 179 g/mol. The van der Waals surface area contributed by atoms with Crippen molar-refractivity contribution in [2.24, 2.45) is 11.7 Å². The third kappa shape index (κ3) is 1.40. The van der Waals surface area contributed by atoms with Crippen molar-refractivity contribution >= 4 is 5.78 Å². The molecule has 0 saturated heterocycles. The van der Waals surface area contributed by atoms with Gasteiger partial charge >= 0.3 is 0 Å². The van der Waals surface area contributed by atoms with E-state index in [1.54, 1.807) is 13.0 Å². The number of furan rings is 1. The largest absolute Gasteiger partial charge is 0.472 e. The Kier molecular flexibility index (Phi) is 1.77. The molecule has 0 aliphatic heterocycles. The highest BCUT2D eigenvalue weighted by atomic mass is 16.3. The summed E-state index contributed by atoms with van der Waals surface area (Å²) in [5.74, 6) is 0.346. The van der Waals surface area contributed by atoms with Crippen LogP contribution in [0.2, 0.25) is 0 Å². The first-order valence-electron chi connectivity index (χ1n) is 4.48. The lowest BCUT2D eigenvalue weighted by atomic mass is 9.89. The van der Waals surface area contributed by atoms with Gasteiger partial charge < -0.3 is 10.2 Å². The molecule has 3 nitrogen and oxygen atoms in total. The summed E-state index contributed by atoms with van der Waals surface area (Å²) >= 11 is 0. The molecule has 3 heteroatoms. The number of hydrogen-bond donors (Lipinski definition) is 1. The molecule has 1 unspecified atom stereocenters. The highest BCUT2D eigenvalue weighted by molar-refractivity contribution is 6.03.